The lowest BCUT2D eigenvalue weighted by Crippen LogP contribution is -2.19. The van der Waals surface area contributed by atoms with Gasteiger partial charge in [-0.2, -0.15) is 0 Å². The molecule has 0 saturated carbocycles. The van der Waals surface area contributed by atoms with Crippen molar-refractivity contribution in [1.29, 1.82) is 0 Å². The first-order chi connectivity index (χ1) is 15.7. The standard InChI is InChI=1S/C25H22FN3O2S/c1-17-27-28-25(29(17)14-18-8-4-2-5-9-18)32-16-21-13-22(26)12-20-15-30-24(31-23(20)21)19-10-6-3-7-11-19/h2-13,24H,14-16H2,1H3/t24-/m0/s1. The third kappa shape index (κ3) is 4.40. The monoisotopic (exact) mass is 447 g/mol. The summed E-state index contributed by atoms with van der Waals surface area (Å²) in [7, 11) is 0. The quantitative estimate of drug-likeness (QED) is 0.356. The van der Waals surface area contributed by atoms with Gasteiger partial charge in [0.15, 0.2) is 5.16 Å². The number of fused-ring (bicyclic) bond motifs is 1. The molecule has 1 atom stereocenters. The van der Waals surface area contributed by atoms with Crippen LogP contribution in [0.2, 0.25) is 0 Å². The maximum atomic E-state index is 14.3. The Morgan fingerprint density at radius 1 is 1.03 bits per heavy atom. The molecule has 5 rings (SSSR count). The topological polar surface area (TPSA) is 49.2 Å². The lowest BCUT2D eigenvalue weighted by Gasteiger charge is -2.28. The van der Waals surface area contributed by atoms with Crippen LogP contribution < -0.4 is 4.74 Å². The molecule has 32 heavy (non-hydrogen) atoms. The average molecular weight is 448 g/mol. The molecule has 0 bridgehead atoms. The maximum absolute atomic E-state index is 14.3. The van der Waals surface area contributed by atoms with Crippen LogP contribution in [0.5, 0.6) is 5.75 Å². The molecule has 1 aromatic heterocycles. The van der Waals surface area contributed by atoms with Gasteiger partial charge in [0, 0.05) is 22.4 Å². The summed E-state index contributed by atoms with van der Waals surface area (Å²) < 4.78 is 28.4. The Bertz CT molecular complexity index is 1210. The number of benzene rings is 3. The van der Waals surface area contributed by atoms with Gasteiger partial charge in [0.1, 0.15) is 17.4 Å². The summed E-state index contributed by atoms with van der Waals surface area (Å²) in [5, 5.41) is 9.38. The van der Waals surface area contributed by atoms with Gasteiger partial charge in [-0.1, -0.05) is 72.4 Å². The highest BCUT2D eigenvalue weighted by Gasteiger charge is 2.25. The van der Waals surface area contributed by atoms with Crippen LogP contribution in [0.1, 0.15) is 34.4 Å². The van der Waals surface area contributed by atoms with Crippen molar-refractivity contribution in [2.45, 2.75) is 37.3 Å². The SMILES string of the molecule is Cc1nnc(SCc2cc(F)cc3c2O[C@@H](c2ccccc2)OC3)n1Cc1ccccc1. The largest absolute Gasteiger partial charge is 0.460 e. The second-order valence-corrected chi connectivity index (χ2v) is 8.56. The summed E-state index contributed by atoms with van der Waals surface area (Å²) in [5.41, 5.74) is 3.60. The van der Waals surface area contributed by atoms with Crippen molar-refractivity contribution < 1.29 is 13.9 Å². The summed E-state index contributed by atoms with van der Waals surface area (Å²) in [5.74, 6) is 1.73. The van der Waals surface area contributed by atoms with Crippen molar-refractivity contribution in [2.24, 2.45) is 0 Å². The molecule has 162 valence electrons. The van der Waals surface area contributed by atoms with E-state index in [0.717, 1.165) is 27.7 Å². The molecular formula is C25H22FN3O2S. The first kappa shape index (κ1) is 20.7. The summed E-state index contributed by atoms with van der Waals surface area (Å²) in [6, 6.07) is 23.0. The van der Waals surface area contributed by atoms with E-state index in [0.29, 0.717) is 24.7 Å². The zero-order valence-corrected chi connectivity index (χ0v) is 18.4. The van der Waals surface area contributed by atoms with E-state index in [-0.39, 0.29) is 5.82 Å². The molecule has 0 N–H and O–H groups in total. The van der Waals surface area contributed by atoms with E-state index in [9.17, 15) is 4.39 Å². The van der Waals surface area contributed by atoms with Crippen molar-refractivity contribution in [3.63, 3.8) is 0 Å². The molecule has 0 amide bonds. The van der Waals surface area contributed by atoms with Gasteiger partial charge in [-0.05, 0) is 24.6 Å². The van der Waals surface area contributed by atoms with Crippen LogP contribution in [0.4, 0.5) is 4.39 Å². The molecule has 0 radical (unpaired) electrons. The Morgan fingerprint density at radius 2 is 1.78 bits per heavy atom. The number of hydrogen-bond acceptors (Lipinski definition) is 5. The molecular weight excluding hydrogens is 425 g/mol. The summed E-state index contributed by atoms with van der Waals surface area (Å²) in [4.78, 5) is 0. The van der Waals surface area contributed by atoms with Crippen molar-refractivity contribution in [3.05, 3.63) is 107 Å². The van der Waals surface area contributed by atoms with Crippen molar-refractivity contribution >= 4 is 11.8 Å². The van der Waals surface area contributed by atoms with E-state index in [1.165, 1.54) is 29.5 Å². The summed E-state index contributed by atoms with van der Waals surface area (Å²) >= 11 is 1.52. The van der Waals surface area contributed by atoms with Gasteiger partial charge in [0.05, 0.1) is 13.2 Å². The third-order valence-electron chi connectivity index (χ3n) is 5.34. The minimum atomic E-state index is -0.512. The molecule has 7 heteroatoms. The highest BCUT2D eigenvalue weighted by molar-refractivity contribution is 7.98. The van der Waals surface area contributed by atoms with Crippen LogP contribution in [0, 0.1) is 12.7 Å². The van der Waals surface area contributed by atoms with Crippen LogP contribution in [0.25, 0.3) is 0 Å². The normalized spacial score (nSPS) is 15.2. The number of hydrogen-bond donors (Lipinski definition) is 0. The molecule has 0 fully saturated rings. The Balaban J connectivity index is 1.38. The summed E-state index contributed by atoms with van der Waals surface area (Å²) in [6.45, 7) is 2.92. The van der Waals surface area contributed by atoms with Crippen molar-refractivity contribution in [1.82, 2.24) is 14.8 Å². The Hall–Kier alpha value is -3.16. The van der Waals surface area contributed by atoms with Gasteiger partial charge in [-0.3, -0.25) is 0 Å². The number of aromatic nitrogens is 3. The average Bonchev–Trinajstić information content (AvgIpc) is 3.17. The fraction of sp³-hybridized carbons (Fsp3) is 0.200. The molecule has 4 aromatic rings. The predicted molar refractivity (Wildman–Crippen MR) is 121 cm³/mol. The Morgan fingerprint density at radius 3 is 2.56 bits per heavy atom. The first-order valence-corrected chi connectivity index (χ1v) is 11.4. The van der Waals surface area contributed by atoms with Gasteiger partial charge in [-0.15, -0.1) is 10.2 Å². The van der Waals surface area contributed by atoms with Gasteiger partial charge in [0.2, 0.25) is 6.29 Å². The van der Waals surface area contributed by atoms with Gasteiger partial charge in [-0.25, -0.2) is 4.39 Å². The van der Waals surface area contributed by atoms with Crippen LogP contribution in [0.15, 0.2) is 78.0 Å². The first-order valence-electron chi connectivity index (χ1n) is 10.4. The number of halogens is 1. The fourth-order valence-electron chi connectivity index (χ4n) is 3.72. The van der Waals surface area contributed by atoms with Gasteiger partial charge < -0.3 is 14.0 Å². The molecule has 0 unspecified atom stereocenters. The minimum Gasteiger partial charge on any atom is -0.460 e. The maximum Gasteiger partial charge on any atom is 0.227 e. The van der Waals surface area contributed by atoms with Crippen LogP contribution >= 0.6 is 11.8 Å². The third-order valence-corrected chi connectivity index (χ3v) is 6.35. The molecule has 0 spiro atoms. The van der Waals surface area contributed by atoms with Crippen LogP contribution in [-0.2, 0) is 23.6 Å². The zero-order chi connectivity index (χ0) is 21.9. The van der Waals surface area contributed by atoms with Crippen LogP contribution in [-0.4, -0.2) is 14.8 Å². The highest BCUT2D eigenvalue weighted by Crippen LogP contribution is 2.38. The van der Waals surface area contributed by atoms with Gasteiger partial charge in [0.25, 0.3) is 0 Å². The van der Waals surface area contributed by atoms with E-state index >= 15 is 0 Å². The molecule has 1 aliphatic heterocycles. The lowest BCUT2D eigenvalue weighted by molar-refractivity contribution is -0.112. The van der Waals surface area contributed by atoms with E-state index in [1.807, 2.05) is 55.5 Å². The van der Waals surface area contributed by atoms with Crippen molar-refractivity contribution in [2.75, 3.05) is 0 Å². The lowest BCUT2D eigenvalue weighted by atomic mass is 10.1. The number of aryl methyl sites for hydroxylation is 1. The van der Waals surface area contributed by atoms with Gasteiger partial charge >= 0.3 is 0 Å². The van der Waals surface area contributed by atoms with E-state index < -0.39 is 6.29 Å². The molecule has 0 aliphatic carbocycles. The minimum absolute atomic E-state index is 0.299. The van der Waals surface area contributed by atoms with E-state index in [2.05, 4.69) is 26.9 Å². The second-order valence-electron chi connectivity index (χ2n) is 7.61. The molecule has 2 heterocycles. The second kappa shape index (κ2) is 9.14. The molecule has 0 saturated heterocycles. The molecule has 5 nitrogen and oxygen atoms in total. The number of ether oxygens (including phenoxy) is 2. The number of nitrogens with zero attached hydrogens (tertiary/aromatic N) is 3. The molecule has 3 aromatic carbocycles. The smallest absolute Gasteiger partial charge is 0.227 e. The van der Waals surface area contributed by atoms with E-state index in [1.54, 1.807) is 0 Å². The highest BCUT2D eigenvalue weighted by atomic mass is 32.2. The summed E-state index contributed by atoms with van der Waals surface area (Å²) in [6.07, 6.45) is -0.512. The fourth-order valence-corrected chi connectivity index (χ4v) is 4.67. The Labute approximate surface area is 190 Å². The predicted octanol–water partition coefficient (Wildman–Crippen LogP) is 5.67. The zero-order valence-electron chi connectivity index (χ0n) is 17.6. The van der Waals surface area contributed by atoms with E-state index in [4.69, 9.17) is 9.47 Å². The number of rotatable bonds is 6. The number of thioether (sulfide) groups is 1. The van der Waals surface area contributed by atoms with Crippen LogP contribution in [0.3, 0.4) is 0 Å². The van der Waals surface area contributed by atoms with Crippen molar-refractivity contribution in [3.8, 4) is 5.75 Å². The molecule has 1 aliphatic rings. The Kier molecular flexibility index (Phi) is 5.92.